The van der Waals surface area contributed by atoms with Crippen molar-refractivity contribution in [1.82, 2.24) is 9.88 Å². The molecule has 7 nitrogen and oxygen atoms in total. The quantitative estimate of drug-likeness (QED) is 0.848. The summed E-state index contributed by atoms with van der Waals surface area (Å²) in [6.07, 6.45) is 0.650. The molecule has 0 spiro atoms. The molecule has 3 rings (SSSR count). The third-order valence-corrected chi connectivity index (χ3v) is 4.85. The summed E-state index contributed by atoms with van der Waals surface area (Å²) >= 11 is 1.39. The molecule has 130 valence electrons. The Bertz CT molecular complexity index is 829. The van der Waals surface area contributed by atoms with E-state index in [-0.39, 0.29) is 11.8 Å². The van der Waals surface area contributed by atoms with Crippen LogP contribution in [0.3, 0.4) is 0 Å². The van der Waals surface area contributed by atoms with Gasteiger partial charge in [0.1, 0.15) is 0 Å². The van der Waals surface area contributed by atoms with Crippen molar-refractivity contribution >= 4 is 34.3 Å². The normalized spacial score (nSPS) is 13.1. The first-order valence-electron chi connectivity index (χ1n) is 7.71. The maximum atomic E-state index is 12.7. The number of benzene rings is 1. The third kappa shape index (κ3) is 3.69. The first-order chi connectivity index (χ1) is 12.0. The molecule has 2 heterocycles. The van der Waals surface area contributed by atoms with Crippen molar-refractivity contribution in [3.8, 4) is 0 Å². The second-order valence-corrected chi connectivity index (χ2v) is 6.70. The summed E-state index contributed by atoms with van der Waals surface area (Å²) in [7, 11) is 1.32. The van der Waals surface area contributed by atoms with Gasteiger partial charge in [0.2, 0.25) is 5.91 Å². The van der Waals surface area contributed by atoms with Crippen LogP contribution in [-0.2, 0) is 22.5 Å². The predicted molar refractivity (Wildman–Crippen MR) is 92.6 cm³/mol. The van der Waals surface area contributed by atoms with Crippen LogP contribution in [0, 0.1) is 0 Å². The number of methoxy groups -OCH3 is 1. The predicted octanol–water partition coefficient (Wildman–Crippen LogP) is 2.09. The van der Waals surface area contributed by atoms with E-state index in [1.807, 2.05) is 0 Å². The Labute approximate surface area is 148 Å². The van der Waals surface area contributed by atoms with E-state index in [0.29, 0.717) is 35.8 Å². The van der Waals surface area contributed by atoms with Gasteiger partial charge in [0, 0.05) is 30.3 Å². The van der Waals surface area contributed by atoms with Gasteiger partial charge in [-0.25, -0.2) is 9.78 Å². The van der Waals surface area contributed by atoms with Crippen LogP contribution in [-0.4, -0.2) is 41.3 Å². The highest BCUT2D eigenvalue weighted by molar-refractivity contribution is 7.15. The van der Waals surface area contributed by atoms with E-state index < -0.39 is 5.97 Å². The van der Waals surface area contributed by atoms with Gasteiger partial charge in [-0.15, -0.1) is 0 Å². The second kappa shape index (κ2) is 7.02. The first-order valence-corrected chi connectivity index (χ1v) is 8.53. The molecule has 0 atom stereocenters. The number of amides is 2. The van der Waals surface area contributed by atoms with Gasteiger partial charge >= 0.3 is 5.97 Å². The van der Waals surface area contributed by atoms with Crippen molar-refractivity contribution in [2.75, 3.05) is 19.0 Å². The monoisotopic (exact) mass is 359 g/mol. The molecule has 0 unspecified atom stereocenters. The van der Waals surface area contributed by atoms with Crippen LogP contribution < -0.4 is 5.32 Å². The van der Waals surface area contributed by atoms with E-state index in [4.69, 9.17) is 0 Å². The number of thiazole rings is 1. The van der Waals surface area contributed by atoms with Crippen molar-refractivity contribution in [3.63, 3.8) is 0 Å². The minimum atomic E-state index is -0.434. The molecule has 2 amide bonds. The Hall–Kier alpha value is -2.74. The van der Waals surface area contributed by atoms with Crippen LogP contribution >= 0.6 is 11.3 Å². The highest BCUT2D eigenvalue weighted by Crippen LogP contribution is 2.29. The van der Waals surface area contributed by atoms with Gasteiger partial charge in [-0.05, 0) is 24.3 Å². The summed E-state index contributed by atoms with van der Waals surface area (Å²) in [6, 6.07) is 6.41. The van der Waals surface area contributed by atoms with Crippen molar-refractivity contribution in [3.05, 3.63) is 46.0 Å². The number of ether oxygens (including phenoxy) is 1. The lowest BCUT2D eigenvalue weighted by Crippen LogP contribution is -2.35. The molecule has 25 heavy (non-hydrogen) atoms. The van der Waals surface area contributed by atoms with E-state index >= 15 is 0 Å². The van der Waals surface area contributed by atoms with Crippen LogP contribution in [0.4, 0.5) is 5.13 Å². The van der Waals surface area contributed by atoms with Crippen molar-refractivity contribution in [2.24, 2.45) is 0 Å². The number of hydrogen-bond donors (Lipinski definition) is 1. The van der Waals surface area contributed by atoms with E-state index in [9.17, 15) is 14.4 Å². The molecule has 0 aliphatic carbocycles. The minimum absolute atomic E-state index is 0.100. The fourth-order valence-electron chi connectivity index (χ4n) is 2.62. The summed E-state index contributed by atoms with van der Waals surface area (Å²) in [6.45, 7) is 2.46. The molecule has 0 saturated carbocycles. The molecule has 1 N–H and O–H groups in total. The molecule has 1 aliphatic heterocycles. The smallest absolute Gasteiger partial charge is 0.337 e. The lowest BCUT2D eigenvalue weighted by atomic mass is 10.1. The summed E-state index contributed by atoms with van der Waals surface area (Å²) < 4.78 is 4.65. The molecule has 8 heteroatoms. The van der Waals surface area contributed by atoms with Crippen LogP contribution in [0.15, 0.2) is 24.3 Å². The van der Waals surface area contributed by atoms with Crippen LogP contribution in [0.25, 0.3) is 0 Å². The van der Waals surface area contributed by atoms with Crippen LogP contribution in [0.1, 0.15) is 38.2 Å². The number of nitrogens with zero attached hydrogens (tertiary/aromatic N) is 2. The summed E-state index contributed by atoms with van der Waals surface area (Å²) in [5.41, 5.74) is 1.85. The topological polar surface area (TPSA) is 88.6 Å². The van der Waals surface area contributed by atoms with E-state index in [1.54, 1.807) is 29.2 Å². The standard InChI is InChI=1S/C17H17N3O4S/c1-10(21)18-17-19-13-7-8-20(9-14(13)25-17)15(22)11-3-5-12(6-4-11)16(23)24-2/h3-6H,7-9H2,1-2H3,(H,18,19,21). The lowest BCUT2D eigenvalue weighted by Gasteiger charge is -2.26. The number of fused-ring (bicyclic) bond motifs is 1. The fourth-order valence-corrected chi connectivity index (χ4v) is 3.69. The zero-order valence-electron chi connectivity index (χ0n) is 13.9. The van der Waals surface area contributed by atoms with Crippen LogP contribution in [0.5, 0.6) is 0 Å². The number of nitrogens with one attached hydrogen (secondary N) is 1. The van der Waals surface area contributed by atoms with Crippen molar-refractivity contribution < 1.29 is 19.1 Å². The summed E-state index contributed by atoms with van der Waals surface area (Å²) in [4.78, 5) is 42.4. The zero-order valence-corrected chi connectivity index (χ0v) is 14.7. The summed E-state index contributed by atoms with van der Waals surface area (Å²) in [5.74, 6) is -0.696. The van der Waals surface area contributed by atoms with Crippen LogP contribution in [0.2, 0.25) is 0 Å². The number of aromatic nitrogens is 1. The third-order valence-electron chi connectivity index (χ3n) is 3.85. The Morgan fingerprint density at radius 3 is 2.52 bits per heavy atom. The molecular weight excluding hydrogens is 342 g/mol. The van der Waals surface area contributed by atoms with Gasteiger partial charge in [-0.3, -0.25) is 9.59 Å². The average Bonchev–Trinajstić information content (AvgIpc) is 3.01. The number of hydrogen-bond acceptors (Lipinski definition) is 6. The van der Waals surface area contributed by atoms with Gasteiger partial charge in [0.15, 0.2) is 5.13 Å². The van der Waals surface area contributed by atoms with Gasteiger partial charge in [-0.1, -0.05) is 11.3 Å². The zero-order chi connectivity index (χ0) is 18.0. The van der Waals surface area contributed by atoms with Gasteiger partial charge in [-0.2, -0.15) is 0 Å². The lowest BCUT2D eigenvalue weighted by molar-refractivity contribution is -0.114. The van der Waals surface area contributed by atoms with Crippen molar-refractivity contribution in [1.29, 1.82) is 0 Å². The number of carbonyl (C=O) groups is 3. The number of carbonyl (C=O) groups excluding carboxylic acids is 3. The molecule has 2 aromatic rings. The molecule has 0 fully saturated rings. The highest BCUT2D eigenvalue weighted by atomic mass is 32.1. The molecule has 0 radical (unpaired) electrons. The second-order valence-electron chi connectivity index (χ2n) is 5.62. The average molecular weight is 359 g/mol. The van der Waals surface area contributed by atoms with Gasteiger partial charge < -0.3 is 15.0 Å². The van der Waals surface area contributed by atoms with E-state index in [1.165, 1.54) is 25.4 Å². The molecule has 1 aliphatic rings. The SMILES string of the molecule is COC(=O)c1ccc(C(=O)N2CCc3nc(NC(C)=O)sc3C2)cc1. The number of rotatable bonds is 3. The maximum absolute atomic E-state index is 12.7. The molecule has 0 bridgehead atoms. The van der Waals surface area contributed by atoms with Gasteiger partial charge in [0.05, 0.1) is 24.9 Å². The minimum Gasteiger partial charge on any atom is -0.465 e. The molecule has 1 aromatic heterocycles. The Balaban J connectivity index is 1.72. The van der Waals surface area contributed by atoms with Crippen molar-refractivity contribution in [2.45, 2.75) is 19.9 Å². The largest absolute Gasteiger partial charge is 0.465 e. The molecule has 1 aromatic carbocycles. The fraction of sp³-hybridized carbons (Fsp3) is 0.294. The number of esters is 1. The van der Waals surface area contributed by atoms with E-state index in [0.717, 1.165) is 10.6 Å². The molecular formula is C17H17N3O4S. The van der Waals surface area contributed by atoms with Gasteiger partial charge in [0.25, 0.3) is 5.91 Å². The summed E-state index contributed by atoms with van der Waals surface area (Å²) in [5, 5.41) is 3.25. The Kier molecular flexibility index (Phi) is 4.80. The first kappa shape index (κ1) is 17.1. The maximum Gasteiger partial charge on any atom is 0.337 e. The highest BCUT2D eigenvalue weighted by Gasteiger charge is 2.25. The van der Waals surface area contributed by atoms with E-state index in [2.05, 4.69) is 15.0 Å². The Morgan fingerprint density at radius 1 is 1.20 bits per heavy atom. The molecule has 0 saturated heterocycles. The number of anilines is 1. The Morgan fingerprint density at radius 2 is 1.88 bits per heavy atom.